The van der Waals surface area contributed by atoms with Gasteiger partial charge in [0, 0.05) is 6.20 Å². The van der Waals surface area contributed by atoms with Crippen LogP contribution in [0.2, 0.25) is 10.0 Å². The Balaban J connectivity index is 2.69. The molecule has 3 rings (SSSR count). The van der Waals surface area contributed by atoms with E-state index in [-0.39, 0.29) is 5.43 Å². The Morgan fingerprint density at radius 1 is 1.12 bits per heavy atom. The summed E-state index contributed by atoms with van der Waals surface area (Å²) in [5, 5.41) is 2.01. The summed E-state index contributed by atoms with van der Waals surface area (Å²) < 4.78 is 0.690. The van der Waals surface area contributed by atoms with Crippen LogP contribution >= 0.6 is 34.5 Å². The molecule has 2 aromatic heterocycles. The number of hydrogen-bond donors (Lipinski definition) is 0. The molecule has 84 valence electrons. The van der Waals surface area contributed by atoms with Crippen LogP contribution in [0.3, 0.4) is 0 Å². The lowest BCUT2D eigenvalue weighted by Crippen LogP contribution is -2.02. The minimum absolute atomic E-state index is 0.116. The van der Waals surface area contributed by atoms with Crippen molar-refractivity contribution < 1.29 is 0 Å². The third-order valence-electron chi connectivity index (χ3n) is 2.50. The maximum atomic E-state index is 12.3. The molecule has 0 fully saturated rings. The molecule has 17 heavy (non-hydrogen) atoms. The molecule has 0 saturated heterocycles. The van der Waals surface area contributed by atoms with E-state index in [0.717, 1.165) is 0 Å². The van der Waals surface area contributed by atoms with Gasteiger partial charge in [0.05, 0.1) is 25.5 Å². The smallest absolute Gasteiger partial charge is 0.199 e. The molecule has 0 aliphatic rings. The van der Waals surface area contributed by atoms with E-state index < -0.39 is 0 Å². The minimum atomic E-state index is -0.116. The van der Waals surface area contributed by atoms with Crippen molar-refractivity contribution in [3.05, 3.63) is 50.7 Å². The summed E-state index contributed by atoms with van der Waals surface area (Å²) in [5.74, 6) is 0. The molecular weight excluding hydrogens is 277 g/mol. The molecule has 0 unspecified atom stereocenters. The molecular formula is C12H5Cl2NOS. The molecule has 0 saturated carbocycles. The van der Waals surface area contributed by atoms with E-state index in [1.165, 1.54) is 11.3 Å². The average molecular weight is 282 g/mol. The lowest BCUT2D eigenvalue weighted by atomic mass is 10.2. The van der Waals surface area contributed by atoms with Gasteiger partial charge in [0.1, 0.15) is 4.83 Å². The lowest BCUT2D eigenvalue weighted by Gasteiger charge is -2.03. The van der Waals surface area contributed by atoms with E-state index in [1.54, 1.807) is 30.5 Å². The number of fused-ring (bicyclic) bond motifs is 2. The van der Waals surface area contributed by atoms with Crippen molar-refractivity contribution in [2.75, 3.05) is 0 Å². The molecule has 0 N–H and O–H groups in total. The highest BCUT2D eigenvalue weighted by atomic mass is 35.5. The van der Waals surface area contributed by atoms with E-state index in [9.17, 15) is 4.79 Å². The van der Waals surface area contributed by atoms with Crippen molar-refractivity contribution in [2.45, 2.75) is 0 Å². The van der Waals surface area contributed by atoms with Crippen LogP contribution in [0.4, 0.5) is 0 Å². The second kappa shape index (κ2) is 3.95. The molecule has 5 heteroatoms. The average Bonchev–Trinajstić information content (AvgIpc) is 2.34. The zero-order valence-electron chi connectivity index (χ0n) is 8.41. The number of hydrogen-bond acceptors (Lipinski definition) is 3. The molecule has 3 aromatic rings. The zero-order chi connectivity index (χ0) is 12.0. The minimum Gasteiger partial charge on any atom is -0.288 e. The second-order valence-corrected chi connectivity index (χ2v) is 5.33. The molecule has 1 aromatic carbocycles. The quantitative estimate of drug-likeness (QED) is 0.581. The first-order valence-electron chi connectivity index (χ1n) is 4.84. The van der Waals surface area contributed by atoms with Gasteiger partial charge >= 0.3 is 0 Å². The van der Waals surface area contributed by atoms with Crippen LogP contribution in [0.1, 0.15) is 0 Å². The van der Waals surface area contributed by atoms with Crippen LogP contribution in [-0.2, 0) is 0 Å². The van der Waals surface area contributed by atoms with Gasteiger partial charge in [-0.3, -0.25) is 4.79 Å². The predicted molar refractivity (Wildman–Crippen MR) is 73.4 cm³/mol. The van der Waals surface area contributed by atoms with Crippen molar-refractivity contribution in [3.63, 3.8) is 0 Å². The van der Waals surface area contributed by atoms with Gasteiger partial charge in [0.25, 0.3) is 0 Å². The standard InChI is InChI=1S/C12H5Cl2NOS/c13-7-3-4-8(14)11-9(7)10(16)6-2-1-5-15-12(6)17-11/h1-5H. The van der Waals surface area contributed by atoms with Crippen molar-refractivity contribution in [1.82, 2.24) is 4.98 Å². The van der Waals surface area contributed by atoms with Gasteiger partial charge in [-0.15, -0.1) is 11.3 Å². The molecule has 2 nitrogen and oxygen atoms in total. The molecule has 0 aliphatic heterocycles. The highest BCUT2D eigenvalue weighted by Gasteiger charge is 2.11. The van der Waals surface area contributed by atoms with Gasteiger partial charge in [-0.05, 0) is 24.3 Å². The van der Waals surface area contributed by atoms with Gasteiger partial charge in [0.2, 0.25) is 0 Å². The molecule has 0 bridgehead atoms. The summed E-state index contributed by atoms with van der Waals surface area (Å²) in [5.41, 5.74) is -0.116. The Labute approximate surface area is 110 Å². The van der Waals surface area contributed by atoms with E-state index in [0.29, 0.717) is 30.3 Å². The Morgan fingerprint density at radius 3 is 2.71 bits per heavy atom. The Kier molecular flexibility index (Phi) is 2.54. The highest BCUT2D eigenvalue weighted by Crippen LogP contribution is 2.33. The van der Waals surface area contributed by atoms with E-state index in [4.69, 9.17) is 23.2 Å². The first-order valence-corrected chi connectivity index (χ1v) is 6.41. The third kappa shape index (κ3) is 1.62. The predicted octanol–water partition coefficient (Wildman–Crippen LogP) is 4.12. The monoisotopic (exact) mass is 281 g/mol. The van der Waals surface area contributed by atoms with E-state index in [2.05, 4.69) is 4.98 Å². The molecule has 0 atom stereocenters. The maximum Gasteiger partial charge on any atom is 0.199 e. The fourth-order valence-electron chi connectivity index (χ4n) is 1.72. The van der Waals surface area contributed by atoms with Gasteiger partial charge in [0.15, 0.2) is 5.43 Å². The Hall–Kier alpha value is -1.16. The van der Waals surface area contributed by atoms with Gasteiger partial charge in [-0.1, -0.05) is 23.2 Å². The van der Waals surface area contributed by atoms with E-state index in [1.807, 2.05) is 0 Å². The van der Waals surface area contributed by atoms with Crippen LogP contribution < -0.4 is 5.43 Å². The lowest BCUT2D eigenvalue weighted by molar-refractivity contribution is 1.44. The first-order chi connectivity index (χ1) is 8.18. The number of benzene rings is 1. The zero-order valence-corrected chi connectivity index (χ0v) is 10.7. The van der Waals surface area contributed by atoms with Crippen molar-refractivity contribution in [1.29, 1.82) is 0 Å². The van der Waals surface area contributed by atoms with Gasteiger partial charge in [-0.2, -0.15) is 0 Å². The van der Waals surface area contributed by atoms with Crippen molar-refractivity contribution >= 4 is 54.8 Å². The van der Waals surface area contributed by atoms with Crippen LogP contribution in [-0.4, -0.2) is 4.98 Å². The Bertz CT molecular complexity index is 797. The Morgan fingerprint density at radius 2 is 1.88 bits per heavy atom. The summed E-state index contributed by atoms with van der Waals surface area (Å²) in [4.78, 5) is 17.1. The molecule has 0 radical (unpaired) electrons. The number of halogens is 2. The van der Waals surface area contributed by atoms with Gasteiger partial charge < -0.3 is 0 Å². The fourth-order valence-corrected chi connectivity index (χ4v) is 3.34. The number of rotatable bonds is 0. The van der Waals surface area contributed by atoms with Crippen LogP contribution in [0.25, 0.3) is 20.3 Å². The summed E-state index contributed by atoms with van der Waals surface area (Å²) in [6.07, 6.45) is 1.66. The fraction of sp³-hybridized carbons (Fsp3) is 0. The SMILES string of the molecule is O=c1c2cccnc2sc2c(Cl)ccc(Cl)c12. The van der Waals surface area contributed by atoms with Crippen molar-refractivity contribution in [3.8, 4) is 0 Å². The molecule has 0 aliphatic carbocycles. The molecule has 0 amide bonds. The second-order valence-electron chi connectivity index (χ2n) is 3.52. The number of pyridine rings is 1. The van der Waals surface area contributed by atoms with E-state index >= 15 is 0 Å². The first kappa shape index (κ1) is 11.0. The van der Waals surface area contributed by atoms with Gasteiger partial charge in [-0.25, -0.2) is 4.98 Å². The summed E-state index contributed by atoms with van der Waals surface area (Å²) in [6.45, 7) is 0. The summed E-state index contributed by atoms with van der Waals surface area (Å²) in [7, 11) is 0. The normalized spacial score (nSPS) is 11.2. The highest BCUT2D eigenvalue weighted by molar-refractivity contribution is 7.24. The van der Waals surface area contributed by atoms with Crippen LogP contribution in [0.5, 0.6) is 0 Å². The van der Waals surface area contributed by atoms with Crippen LogP contribution in [0.15, 0.2) is 35.3 Å². The molecule has 2 heterocycles. The third-order valence-corrected chi connectivity index (χ3v) is 4.39. The van der Waals surface area contributed by atoms with Crippen LogP contribution in [0, 0.1) is 0 Å². The topological polar surface area (TPSA) is 30.0 Å². The maximum absolute atomic E-state index is 12.3. The summed E-state index contributed by atoms with van der Waals surface area (Å²) in [6, 6.07) is 6.82. The van der Waals surface area contributed by atoms with Crippen molar-refractivity contribution in [2.24, 2.45) is 0 Å². The number of aromatic nitrogens is 1. The largest absolute Gasteiger partial charge is 0.288 e. The molecule has 0 spiro atoms. The number of nitrogens with zero attached hydrogens (tertiary/aromatic N) is 1. The summed E-state index contributed by atoms with van der Waals surface area (Å²) >= 11 is 13.5.